The molecule has 0 atom stereocenters. The van der Waals surface area contributed by atoms with Crippen LogP contribution in [0.1, 0.15) is 52.7 Å². The van der Waals surface area contributed by atoms with Gasteiger partial charge in [-0.25, -0.2) is 0 Å². The van der Waals surface area contributed by atoms with Crippen molar-refractivity contribution in [1.82, 2.24) is 9.97 Å². The van der Waals surface area contributed by atoms with E-state index in [9.17, 15) is 0 Å². The van der Waals surface area contributed by atoms with Gasteiger partial charge in [0.05, 0.1) is 0 Å². The van der Waals surface area contributed by atoms with E-state index in [1.54, 1.807) is 0 Å². The van der Waals surface area contributed by atoms with Gasteiger partial charge >= 0.3 is 34.5 Å². The van der Waals surface area contributed by atoms with Crippen molar-refractivity contribution in [3.8, 4) is 0 Å². The third-order valence-electron chi connectivity index (χ3n) is 9.18. The molecule has 0 aliphatic rings. The summed E-state index contributed by atoms with van der Waals surface area (Å²) in [7, 11) is 8.82. The van der Waals surface area contributed by atoms with Crippen molar-refractivity contribution >= 4 is 67.1 Å². The zero-order valence-electron chi connectivity index (χ0n) is 35.8. The minimum atomic E-state index is -0.446. The summed E-state index contributed by atoms with van der Waals surface area (Å²) >= 11 is -0.346. The molecule has 0 fully saturated rings. The zero-order valence-corrected chi connectivity index (χ0v) is 40.9. The molecule has 6 aromatic carbocycles. The summed E-state index contributed by atoms with van der Waals surface area (Å²) in [5.74, 6) is 0. The Labute approximate surface area is 384 Å². The number of hydrogen-bond donors (Lipinski definition) is 0. The Morgan fingerprint density at radius 2 is 0.475 bits per heavy atom. The molecule has 8 rings (SSSR count). The molecule has 314 valence electrons. The molecule has 0 radical (unpaired) electrons. The van der Waals surface area contributed by atoms with Crippen LogP contribution in [0.2, 0.25) is 0 Å². The van der Waals surface area contributed by atoms with Crippen LogP contribution in [0.15, 0.2) is 231 Å². The Hall–Kier alpha value is -4.32. The van der Waals surface area contributed by atoms with Gasteiger partial charge in [-0.15, -0.1) is 0 Å². The van der Waals surface area contributed by atoms with Crippen LogP contribution < -0.4 is 31.8 Å². The Kier molecular flexibility index (Phi) is 21.8. The summed E-state index contributed by atoms with van der Waals surface area (Å²) in [6.07, 6.45) is 7.34. The second-order valence-electron chi connectivity index (χ2n) is 15.7. The van der Waals surface area contributed by atoms with Crippen molar-refractivity contribution in [3.63, 3.8) is 0 Å². The Bertz CT molecular complexity index is 1940. The summed E-state index contributed by atoms with van der Waals surface area (Å²) in [6, 6.07) is 72.9. The predicted molar refractivity (Wildman–Crippen MR) is 268 cm³/mol. The fraction of sp³-hybridized carbons (Fsp3) is 0.148. The molecule has 0 aliphatic heterocycles. The third kappa shape index (κ3) is 17.5. The molecule has 0 saturated heterocycles. The maximum Gasteiger partial charge on any atom is -0.0134 e. The van der Waals surface area contributed by atoms with Crippen LogP contribution >= 0.6 is 35.2 Å². The number of hydrogen-bond acceptors (Lipinski definition) is 2. The van der Waals surface area contributed by atoms with Crippen molar-refractivity contribution in [3.05, 3.63) is 242 Å². The fourth-order valence-corrected chi connectivity index (χ4v) is 10.7. The van der Waals surface area contributed by atoms with Gasteiger partial charge in [-0.2, -0.15) is 0 Å². The van der Waals surface area contributed by atoms with Crippen LogP contribution in [0.25, 0.3) is 0 Å². The quantitative estimate of drug-likeness (QED) is 0.123. The fourth-order valence-electron chi connectivity index (χ4n) is 6.06. The molecule has 0 unspecified atom stereocenters. The van der Waals surface area contributed by atoms with E-state index in [4.69, 9.17) is 19.4 Å². The first kappa shape index (κ1) is 49.3. The van der Waals surface area contributed by atoms with Crippen molar-refractivity contribution < 1.29 is 15.1 Å². The van der Waals surface area contributed by atoms with Crippen LogP contribution in [0.3, 0.4) is 0 Å². The maximum atomic E-state index is 4.85. The average Bonchev–Trinajstić information content (AvgIpc) is 3.30. The Morgan fingerprint density at radius 3 is 0.607 bits per heavy atom. The van der Waals surface area contributed by atoms with E-state index in [0.717, 1.165) is 0 Å². The van der Waals surface area contributed by atoms with E-state index >= 15 is 0 Å². The van der Waals surface area contributed by atoms with E-state index in [0.29, 0.717) is 0 Å². The normalized spacial score (nSPS) is 10.7. The molecule has 2 aromatic heterocycles. The van der Waals surface area contributed by atoms with Gasteiger partial charge < -0.3 is 0 Å². The molecule has 61 heavy (non-hydrogen) atoms. The van der Waals surface area contributed by atoms with E-state index in [-0.39, 0.29) is 26.0 Å². The zero-order chi connectivity index (χ0) is 43.8. The first-order valence-electron chi connectivity index (χ1n) is 20.1. The van der Waals surface area contributed by atoms with Gasteiger partial charge in [0.2, 0.25) is 0 Å². The van der Waals surface area contributed by atoms with Gasteiger partial charge in [0.25, 0.3) is 0 Å². The Balaban J connectivity index is 0.000000183. The molecule has 7 heteroatoms. The summed E-state index contributed by atoms with van der Waals surface area (Å²) < 4.78 is 0. The second kappa shape index (κ2) is 26.9. The SMILES string of the molecule is CC(C)(C)c1ccncc1.CC(C)(C)c1ccncc1.[Cl][Ru][Cl].c1ccc(P(c2ccccc2)c2ccccc2)cc1.c1ccc(P(c2ccccc2)c2ccccc2)cc1. The summed E-state index contributed by atoms with van der Waals surface area (Å²) in [5, 5.41) is 8.39. The van der Waals surface area contributed by atoms with Gasteiger partial charge in [-0.1, -0.05) is 224 Å². The molecule has 8 aromatic rings. The van der Waals surface area contributed by atoms with Gasteiger partial charge in [0, 0.05) is 24.8 Å². The van der Waals surface area contributed by atoms with Crippen molar-refractivity contribution in [2.24, 2.45) is 0 Å². The van der Waals surface area contributed by atoms with Crippen LogP contribution in [-0.4, -0.2) is 9.97 Å². The smallest absolute Gasteiger partial charge is 0.0134 e. The molecule has 0 spiro atoms. The summed E-state index contributed by atoms with van der Waals surface area (Å²) in [6.45, 7) is 13.2. The number of benzene rings is 6. The number of aromatic nitrogens is 2. The van der Waals surface area contributed by atoms with E-state index < -0.39 is 15.8 Å². The van der Waals surface area contributed by atoms with Crippen molar-refractivity contribution in [2.75, 3.05) is 0 Å². The van der Waals surface area contributed by atoms with E-state index in [2.05, 4.69) is 258 Å². The molecule has 2 heterocycles. The van der Waals surface area contributed by atoms with E-state index in [1.807, 2.05) is 24.8 Å². The van der Waals surface area contributed by atoms with Gasteiger partial charge in [-0.05, 0) is 93.9 Å². The van der Waals surface area contributed by atoms with E-state index in [1.165, 1.54) is 43.0 Å². The molecule has 0 N–H and O–H groups in total. The first-order valence-corrected chi connectivity index (χ1v) is 27.3. The summed E-state index contributed by atoms with van der Waals surface area (Å²) in [5.41, 5.74) is 3.18. The second-order valence-corrected chi connectivity index (χ2v) is 22.8. The Morgan fingerprint density at radius 1 is 0.311 bits per heavy atom. The largest absolute Gasteiger partial charge is 0.0622 e. The number of halogens is 2. The predicted octanol–water partition coefficient (Wildman–Crippen LogP) is 13.0. The number of pyridine rings is 2. The molecule has 2 nitrogen and oxygen atoms in total. The molecular weight excluding hydrogens is 911 g/mol. The molecule has 0 saturated carbocycles. The number of rotatable bonds is 6. The minimum Gasteiger partial charge on any atom is -0.0622 e. The minimum absolute atomic E-state index is 0.253. The van der Waals surface area contributed by atoms with Gasteiger partial charge in [0.15, 0.2) is 0 Å². The van der Waals surface area contributed by atoms with Gasteiger partial charge in [-0.3, -0.25) is 9.97 Å². The molecular formula is C54H56Cl2N2P2Ru. The monoisotopic (exact) mass is 966 g/mol. The topological polar surface area (TPSA) is 25.8 Å². The molecule has 0 bridgehead atoms. The molecule has 0 amide bonds. The molecule has 0 aliphatic carbocycles. The van der Waals surface area contributed by atoms with Gasteiger partial charge in [0.1, 0.15) is 0 Å². The average molecular weight is 967 g/mol. The van der Waals surface area contributed by atoms with Crippen LogP contribution in [0.5, 0.6) is 0 Å². The third-order valence-corrected chi connectivity index (χ3v) is 14.1. The standard InChI is InChI=1S/2C18H15P.2C9H13N.2ClH.Ru/c2*1-4-10-16(11-5-1)19(17-12-6-2-7-13-17)18-14-8-3-9-15-18;2*1-9(2,3)8-4-6-10-7-5-8;;;/h2*1-15H;2*4-7H,1-3H3;2*1H;/q;;;;;;+2/p-2. The van der Waals surface area contributed by atoms with Crippen molar-refractivity contribution in [1.29, 1.82) is 0 Å². The maximum absolute atomic E-state index is 4.85. The van der Waals surface area contributed by atoms with Crippen LogP contribution in [0, 0.1) is 0 Å². The number of nitrogens with zero attached hydrogens (tertiary/aromatic N) is 2. The first-order chi connectivity index (χ1) is 29.5. The van der Waals surface area contributed by atoms with Crippen molar-refractivity contribution in [2.45, 2.75) is 52.4 Å². The van der Waals surface area contributed by atoms with Crippen LogP contribution in [-0.2, 0) is 26.0 Å². The summed E-state index contributed by atoms with van der Waals surface area (Å²) in [4.78, 5) is 7.92. The van der Waals surface area contributed by atoms with Crippen LogP contribution in [0.4, 0.5) is 0 Å².